The fourth-order valence-corrected chi connectivity index (χ4v) is 3.59. The van der Waals surface area contributed by atoms with Crippen LogP contribution in [0.15, 0.2) is 18.2 Å². The van der Waals surface area contributed by atoms with E-state index in [1.54, 1.807) is 40.9 Å². The third-order valence-electron chi connectivity index (χ3n) is 5.76. The minimum absolute atomic E-state index is 0.0391. The molecule has 1 heterocycles. The van der Waals surface area contributed by atoms with Gasteiger partial charge in [-0.25, -0.2) is 14.8 Å². The Morgan fingerprint density at radius 1 is 1.10 bits per heavy atom. The molecule has 0 bridgehead atoms. The number of nitrogens with one attached hydrogen (secondary N) is 2. The molecule has 0 fully saturated rings. The number of nitrogens with zero attached hydrogens (tertiary/aromatic N) is 4. The van der Waals surface area contributed by atoms with Gasteiger partial charge in [0.05, 0.1) is 12.8 Å². The van der Waals surface area contributed by atoms with Crippen molar-refractivity contribution >= 4 is 35.2 Å². The summed E-state index contributed by atoms with van der Waals surface area (Å²) in [7, 11) is 6.77. The molecule has 1 aromatic carbocycles. The van der Waals surface area contributed by atoms with Gasteiger partial charge in [-0.1, -0.05) is 6.92 Å². The number of hydrogen-bond donors (Lipinski definition) is 3. The zero-order valence-corrected chi connectivity index (χ0v) is 24.3. The minimum Gasteiger partial charge on any atom is -0.497 e. The minimum atomic E-state index is -0.717. The molecule has 0 aliphatic carbocycles. The zero-order chi connectivity index (χ0) is 29.5. The van der Waals surface area contributed by atoms with Crippen molar-refractivity contribution in [2.24, 2.45) is 5.73 Å². The van der Waals surface area contributed by atoms with E-state index in [9.17, 15) is 14.4 Å². The van der Waals surface area contributed by atoms with Gasteiger partial charge >= 0.3 is 6.09 Å². The van der Waals surface area contributed by atoms with E-state index in [1.807, 2.05) is 38.1 Å². The largest absolute Gasteiger partial charge is 0.497 e. The van der Waals surface area contributed by atoms with Crippen LogP contribution in [0.25, 0.3) is 0 Å². The van der Waals surface area contributed by atoms with Gasteiger partial charge in [-0.05, 0) is 58.2 Å². The van der Waals surface area contributed by atoms with E-state index in [2.05, 4.69) is 20.6 Å². The predicted octanol–water partition coefficient (Wildman–Crippen LogP) is 2.87. The van der Waals surface area contributed by atoms with E-state index >= 15 is 0 Å². The van der Waals surface area contributed by atoms with Crippen molar-refractivity contribution in [2.45, 2.75) is 59.1 Å². The maximum Gasteiger partial charge on any atom is 0.410 e. The molecule has 214 valence electrons. The Balaban J connectivity index is 2.18. The summed E-state index contributed by atoms with van der Waals surface area (Å²) in [4.78, 5) is 49.2. The van der Waals surface area contributed by atoms with Gasteiger partial charge < -0.3 is 30.7 Å². The van der Waals surface area contributed by atoms with Crippen LogP contribution in [-0.2, 0) is 22.4 Å². The monoisotopic (exact) mass is 543 g/mol. The normalized spacial score (nSPS) is 11.8. The van der Waals surface area contributed by atoms with Crippen LogP contribution >= 0.6 is 0 Å². The van der Waals surface area contributed by atoms with Gasteiger partial charge in [0, 0.05) is 39.4 Å². The molecule has 1 aromatic heterocycles. The second-order valence-corrected chi connectivity index (χ2v) is 10.3. The van der Waals surface area contributed by atoms with Crippen LogP contribution in [0.1, 0.15) is 56.4 Å². The average Bonchev–Trinajstić information content (AvgIpc) is 2.85. The first kappa shape index (κ1) is 31.1. The molecule has 4 N–H and O–H groups in total. The lowest BCUT2D eigenvalue weighted by Gasteiger charge is -2.28. The third kappa shape index (κ3) is 8.72. The van der Waals surface area contributed by atoms with E-state index in [1.165, 1.54) is 11.9 Å². The van der Waals surface area contributed by atoms with Gasteiger partial charge in [0.15, 0.2) is 17.3 Å². The Hall–Kier alpha value is -4.09. The molecule has 2 aromatic rings. The molecule has 2 rings (SSSR count). The van der Waals surface area contributed by atoms with E-state index in [0.717, 1.165) is 5.56 Å². The lowest BCUT2D eigenvalue weighted by molar-refractivity contribution is -0.125. The molecule has 0 aliphatic heterocycles. The number of rotatable bonds is 11. The van der Waals surface area contributed by atoms with Crippen LogP contribution in [0.5, 0.6) is 5.75 Å². The van der Waals surface area contributed by atoms with Crippen molar-refractivity contribution in [1.82, 2.24) is 20.2 Å². The summed E-state index contributed by atoms with van der Waals surface area (Å²) >= 11 is 0. The van der Waals surface area contributed by atoms with Crippen molar-refractivity contribution in [2.75, 3.05) is 45.0 Å². The molecule has 0 spiro atoms. The second-order valence-electron chi connectivity index (χ2n) is 10.3. The number of aromatic nitrogens is 2. The van der Waals surface area contributed by atoms with Gasteiger partial charge in [-0.15, -0.1) is 0 Å². The van der Waals surface area contributed by atoms with E-state index in [0.29, 0.717) is 42.3 Å². The molecular weight excluding hydrogens is 502 g/mol. The average molecular weight is 544 g/mol. The quantitative estimate of drug-likeness (QED) is 0.388. The van der Waals surface area contributed by atoms with Crippen molar-refractivity contribution in [3.8, 4) is 5.75 Å². The summed E-state index contributed by atoms with van der Waals surface area (Å²) < 4.78 is 10.8. The summed E-state index contributed by atoms with van der Waals surface area (Å²) in [5.74, 6) is 0.432. The third-order valence-corrected chi connectivity index (χ3v) is 5.76. The first-order valence-electron chi connectivity index (χ1n) is 12.7. The number of likely N-dealkylation sites (N-methyl/N-ethyl adjacent to an activating group) is 1. The Labute approximate surface area is 230 Å². The zero-order valence-electron chi connectivity index (χ0n) is 24.3. The molecule has 0 saturated carbocycles. The smallest absolute Gasteiger partial charge is 0.410 e. The number of aryl methyl sites for hydroxylation is 1. The highest BCUT2D eigenvalue weighted by molar-refractivity contribution is 5.96. The first-order chi connectivity index (χ1) is 18.2. The first-order valence-corrected chi connectivity index (χ1v) is 12.7. The number of carbonyl (C=O) groups excluding carboxylic acids is 3. The van der Waals surface area contributed by atoms with E-state index in [-0.39, 0.29) is 17.4 Å². The number of methoxy groups -OCH3 is 1. The highest BCUT2D eigenvalue weighted by Crippen LogP contribution is 2.27. The number of carbonyl (C=O) groups is 3. The van der Waals surface area contributed by atoms with Gasteiger partial charge in [0.1, 0.15) is 17.4 Å². The molecule has 0 aliphatic rings. The number of hydrogen-bond acceptors (Lipinski definition) is 9. The lowest BCUT2D eigenvalue weighted by atomic mass is 10.1. The van der Waals surface area contributed by atoms with Gasteiger partial charge in [0.25, 0.3) is 5.91 Å². The number of benzene rings is 1. The fourth-order valence-electron chi connectivity index (χ4n) is 3.59. The summed E-state index contributed by atoms with van der Waals surface area (Å²) in [6.07, 6.45) is 0.492. The van der Waals surface area contributed by atoms with Crippen molar-refractivity contribution in [3.05, 3.63) is 35.2 Å². The fraction of sp³-hybridized carbons (Fsp3) is 0.519. The number of nitrogens with two attached hydrogens (primary N) is 1. The number of anilines is 3. The van der Waals surface area contributed by atoms with Crippen molar-refractivity contribution in [1.29, 1.82) is 0 Å². The van der Waals surface area contributed by atoms with Crippen LogP contribution in [0, 0.1) is 0 Å². The molecular formula is C27H41N7O5. The Morgan fingerprint density at radius 2 is 1.77 bits per heavy atom. The maximum absolute atomic E-state index is 12.7. The molecule has 0 radical (unpaired) electrons. The van der Waals surface area contributed by atoms with Crippen LogP contribution in [0.4, 0.5) is 22.1 Å². The highest BCUT2D eigenvalue weighted by atomic mass is 16.6. The Morgan fingerprint density at radius 3 is 2.31 bits per heavy atom. The number of amides is 3. The van der Waals surface area contributed by atoms with Gasteiger partial charge in [-0.2, -0.15) is 0 Å². The van der Waals surface area contributed by atoms with Crippen LogP contribution in [0.3, 0.4) is 0 Å². The topological polar surface area (TPSA) is 152 Å². The highest BCUT2D eigenvalue weighted by Gasteiger charge is 2.26. The second kappa shape index (κ2) is 13.1. The summed E-state index contributed by atoms with van der Waals surface area (Å²) in [5, 5.41) is 6.01. The Bertz CT molecular complexity index is 1190. The number of primary amides is 1. The van der Waals surface area contributed by atoms with Crippen molar-refractivity contribution < 1.29 is 23.9 Å². The predicted molar refractivity (Wildman–Crippen MR) is 151 cm³/mol. The summed E-state index contributed by atoms with van der Waals surface area (Å²) in [6.45, 7) is 9.19. The lowest BCUT2D eigenvalue weighted by Crippen LogP contribution is -2.47. The molecule has 1 atom stereocenters. The standard InChI is InChI=1S/C27H41N7O5/c1-10-20-24(33(6)7)32-23(21(31-20)22(28)35)30-18-13-17(14-19(15-18)38-9)11-12-29-25(36)16(2)34(8)26(37)39-27(3,4)5/h13-16H,10-12H2,1-9H3,(H2,28,35)(H,29,36)(H,30,32)/t16-/m0/s1. The molecule has 3 amide bonds. The summed E-state index contributed by atoms with van der Waals surface area (Å²) in [6, 6.07) is 4.75. The molecule has 0 unspecified atom stereocenters. The molecule has 12 heteroatoms. The molecule has 39 heavy (non-hydrogen) atoms. The number of ether oxygens (including phenoxy) is 2. The maximum atomic E-state index is 12.7. The summed E-state index contributed by atoms with van der Waals surface area (Å²) in [5.41, 5.74) is 7.11. The van der Waals surface area contributed by atoms with Gasteiger partial charge in [0.2, 0.25) is 5.91 Å². The van der Waals surface area contributed by atoms with E-state index < -0.39 is 23.6 Å². The SMILES string of the molecule is CCc1nc(C(N)=O)c(Nc2cc(CCNC(=O)[C@H](C)N(C)C(=O)OC(C)(C)C)cc(OC)c2)nc1N(C)C. The van der Waals surface area contributed by atoms with Crippen LogP contribution in [-0.4, -0.2) is 79.2 Å². The molecule has 0 saturated heterocycles. The van der Waals surface area contributed by atoms with Crippen molar-refractivity contribution in [3.63, 3.8) is 0 Å². The van der Waals surface area contributed by atoms with Crippen LogP contribution in [0.2, 0.25) is 0 Å². The Kier molecular flexibility index (Phi) is 10.5. The van der Waals surface area contributed by atoms with Crippen LogP contribution < -0.4 is 26.0 Å². The van der Waals surface area contributed by atoms with Gasteiger partial charge in [-0.3, -0.25) is 14.5 Å². The van der Waals surface area contributed by atoms with E-state index in [4.69, 9.17) is 15.2 Å². The molecule has 12 nitrogen and oxygen atoms in total.